The van der Waals surface area contributed by atoms with Crippen molar-refractivity contribution < 1.29 is 4.74 Å². The number of benzene rings is 1. The van der Waals surface area contributed by atoms with Gasteiger partial charge >= 0.3 is 0 Å². The van der Waals surface area contributed by atoms with Gasteiger partial charge in [0.1, 0.15) is 17.7 Å². The van der Waals surface area contributed by atoms with Crippen LogP contribution in [-0.2, 0) is 12.8 Å². The summed E-state index contributed by atoms with van der Waals surface area (Å²) in [4.78, 5) is 4.47. The zero-order valence-electron chi connectivity index (χ0n) is 12.6. The number of fused-ring (bicyclic) bond motifs is 1. The van der Waals surface area contributed by atoms with Crippen LogP contribution >= 0.6 is 0 Å². The zero-order valence-corrected chi connectivity index (χ0v) is 12.6. The van der Waals surface area contributed by atoms with Gasteiger partial charge in [-0.05, 0) is 67.5 Å². The molecule has 1 saturated carbocycles. The Kier molecular flexibility index (Phi) is 3.26. The minimum atomic E-state index is 0.182. The van der Waals surface area contributed by atoms with Gasteiger partial charge in [-0.15, -0.1) is 0 Å². The van der Waals surface area contributed by atoms with Crippen LogP contribution in [0.3, 0.4) is 0 Å². The molecule has 0 radical (unpaired) electrons. The van der Waals surface area contributed by atoms with Crippen molar-refractivity contribution in [2.75, 3.05) is 5.73 Å². The first kappa shape index (κ1) is 13.6. The minimum absolute atomic E-state index is 0.182. The maximum atomic E-state index is 6.15. The van der Waals surface area contributed by atoms with Crippen LogP contribution in [0.4, 0.5) is 5.82 Å². The fourth-order valence-electron chi connectivity index (χ4n) is 3.43. The number of hydrogen-bond acceptors (Lipinski definition) is 4. The van der Waals surface area contributed by atoms with Crippen molar-refractivity contribution in [3.63, 3.8) is 0 Å². The molecule has 22 heavy (non-hydrogen) atoms. The Labute approximate surface area is 130 Å². The first-order chi connectivity index (χ1) is 10.7. The van der Waals surface area contributed by atoms with E-state index in [2.05, 4.69) is 17.1 Å². The van der Waals surface area contributed by atoms with Crippen molar-refractivity contribution in [1.82, 2.24) is 4.98 Å². The van der Waals surface area contributed by atoms with Crippen molar-refractivity contribution in [3.05, 3.63) is 41.5 Å². The van der Waals surface area contributed by atoms with Crippen molar-refractivity contribution in [2.24, 2.45) is 5.73 Å². The van der Waals surface area contributed by atoms with Gasteiger partial charge in [0.25, 0.3) is 0 Å². The Morgan fingerprint density at radius 1 is 1.05 bits per heavy atom. The van der Waals surface area contributed by atoms with E-state index in [0.717, 1.165) is 37.1 Å². The molecule has 4 N–H and O–H groups in total. The van der Waals surface area contributed by atoms with E-state index in [1.165, 1.54) is 23.1 Å². The van der Waals surface area contributed by atoms with Crippen molar-refractivity contribution in [3.8, 4) is 17.0 Å². The van der Waals surface area contributed by atoms with Crippen LogP contribution in [0.15, 0.2) is 30.3 Å². The Morgan fingerprint density at radius 2 is 1.91 bits per heavy atom. The van der Waals surface area contributed by atoms with Crippen LogP contribution in [0.25, 0.3) is 11.3 Å². The molecule has 0 saturated heterocycles. The third kappa shape index (κ3) is 2.24. The van der Waals surface area contributed by atoms with E-state index >= 15 is 0 Å². The highest BCUT2D eigenvalue weighted by Crippen LogP contribution is 2.39. The third-order valence-corrected chi connectivity index (χ3v) is 4.83. The SMILES string of the molecule is Nc1cccc(-c2ccc(OC3CCC3N)c3c2CCC3)n1. The van der Waals surface area contributed by atoms with Crippen LogP contribution in [0.2, 0.25) is 0 Å². The first-order valence-electron chi connectivity index (χ1n) is 8.02. The second-order valence-electron chi connectivity index (χ2n) is 6.27. The summed E-state index contributed by atoms with van der Waals surface area (Å²) in [6.45, 7) is 0. The number of hydrogen-bond donors (Lipinski definition) is 2. The molecule has 1 aromatic carbocycles. The summed E-state index contributed by atoms with van der Waals surface area (Å²) in [6.07, 6.45) is 5.63. The van der Waals surface area contributed by atoms with Crippen LogP contribution in [0, 0.1) is 0 Å². The largest absolute Gasteiger partial charge is 0.489 e. The molecule has 1 fully saturated rings. The zero-order chi connectivity index (χ0) is 15.1. The van der Waals surface area contributed by atoms with Crippen LogP contribution in [0.1, 0.15) is 30.4 Å². The molecule has 2 aliphatic carbocycles. The number of nitrogens with zero attached hydrogens (tertiary/aromatic N) is 1. The molecule has 114 valence electrons. The van der Waals surface area contributed by atoms with E-state index < -0.39 is 0 Å². The Balaban J connectivity index is 1.72. The number of pyridine rings is 1. The normalized spacial score (nSPS) is 23.0. The van der Waals surface area contributed by atoms with Crippen molar-refractivity contribution >= 4 is 5.82 Å². The quantitative estimate of drug-likeness (QED) is 0.913. The lowest BCUT2D eigenvalue weighted by atomic mass is 9.90. The molecule has 1 aromatic heterocycles. The Bertz CT molecular complexity index is 713. The van der Waals surface area contributed by atoms with Gasteiger partial charge in [0.2, 0.25) is 0 Å². The molecule has 0 spiro atoms. The molecular weight excluding hydrogens is 274 g/mol. The molecule has 4 nitrogen and oxygen atoms in total. The fraction of sp³-hybridized carbons (Fsp3) is 0.389. The lowest BCUT2D eigenvalue weighted by Crippen LogP contribution is -2.47. The van der Waals surface area contributed by atoms with Gasteiger partial charge in [0.05, 0.1) is 5.69 Å². The molecule has 0 amide bonds. The molecule has 2 aliphatic rings. The highest BCUT2D eigenvalue weighted by molar-refractivity contribution is 5.69. The summed E-state index contributed by atoms with van der Waals surface area (Å²) >= 11 is 0. The van der Waals surface area contributed by atoms with E-state index in [1.807, 2.05) is 18.2 Å². The average molecular weight is 295 g/mol. The number of nitrogen functional groups attached to an aromatic ring is 1. The molecule has 4 rings (SSSR count). The standard InChI is InChI=1S/C18H21N3O/c19-14-8-10-17(14)22-16-9-7-12(11-3-1-4-13(11)16)15-5-2-6-18(20)21-15/h2,5-7,9,14,17H,1,3-4,8,10,19H2,(H2,20,21). The van der Waals surface area contributed by atoms with E-state index in [4.69, 9.17) is 16.2 Å². The molecular formula is C18H21N3O. The number of nitrogens with two attached hydrogens (primary N) is 2. The summed E-state index contributed by atoms with van der Waals surface area (Å²) in [5, 5.41) is 0. The van der Waals surface area contributed by atoms with E-state index in [-0.39, 0.29) is 12.1 Å². The molecule has 0 bridgehead atoms. The average Bonchev–Trinajstić information content (AvgIpc) is 3.00. The number of aromatic nitrogens is 1. The Hall–Kier alpha value is -2.07. The molecule has 1 heterocycles. The topological polar surface area (TPSA) is 74.2 Å². The molecule has 0 aliphatic heterocycles. The van der Waals surface area contributed by atoms with Gasteiger partial charge in [-0.1, -0.05) is 6.07 Å². The Morgan fingerprint density at radius 3 is 2.64 bits per heavy atom. The minimum Gasteiger partial charge on any atom is -0.489 e. The molecule has 2 unspecified atom stereocenters. The van der Waals surface area contributed by atoms with Gasteiger partial charge in [-0.3, -0.25) is 0 Å². The van der Waals surface area contributed by atoms with Crippen molar-refractivity contribution in [2.45, 2.75) is 44.2 Å². The first-order valence-corrected chi connectivity index (χ1v) is 8.02. The summed E-state index contributed by atoms with van der Waals surface area (Å²) in [5.41, 5.74) is 16.7. The second-order valence-corrected chi connectivity index (χ2v) is 6.27. The predicted octanol–water partition coefficient (Wildman–Crippen LogP) is 2.69. The summed E-state index contributed by atoms with van der Waals surface area (Å²) in [6, 6.07) is 10.2. The third-order valence-electron chi connectivity index (χ3n) is 4.83. The monoisotopic (exact) mass is 295 g/mol. The summed E-state index contributed by atoms with van der Waals surface area (Å²) in [7, 11) is 0. The van der Waals surface area contributed by atoms with Gasteiger partial charge in [0.15, 0.2) is 0 Å². The van der Waals surface area contributed by atoms with Crippen LogP contribution in [0.5, 0.6) is 5.75 Å². The van der Waals surface area contributed by atoms with E-state index in [0.29, 0.717) is 5.82 Å². The summed E-state index contributed by atoms with van der Waals surface area (Å²) < 4.78 is 6.15. The molecule has 2 aromatic rings. The van der Waals surface area contributed by atoms with Gasteiger partial charge < -0.3 is 16.2 Å². The van der Waals surface area contributed by atoms with Crippen molar-refractivity contribution in [1.29, 1.82) is 0 Å². The smallest absolute Gasteiger partial charge is 0.124 e. The maximum absolute atomic E-state index is 6.15. The van der Waals surface area contributed by atoms with E-state index in [9.17, 15) is 0 Å². The number of ether oxygens (including phenoxy) is 1. The predicted molar refractivity (Wildman–Crippen MR) is 87.7 cm³/mol. The van der Waals surface area contributed by atoms with E-state index in [1.54, 1.807) is 0 Å². The maximum Gasteiger partial charge on any atom is 0.124 e. The van der Waals surface area contributed by atoms with Gasteiger partial charge in [0, 0.05) is 11.6 Å². The summed E-state index contributed by atoms with van der Waals surface area (Å²) in [5.74, 6) is 1.57. The lowest BCUT2D eigenvalue weighted by Gasteiger charge is -2.34. The number of anilines is 1. The fourth-order valence-corrected chi connectivity index (χ4v) is 3.43. The second kappa shape index (κ2) is 5.29. The highest BCUT2D eigenvalue weighted by Gasteiger charge is 2.31. The van der Waals surface area contributed by atoms with Gasteiger partial charge in [-0.2, -0.15) is 0 Å². The molecule has 2 atom stereocenters. The van der Waals surface area contributed by atoms with Crippen LogP contribution < -0.4 is 16.2 Å². The highest BCUT2D eigenvalue weighted by atomic mass is 16.5. The van der Waals surface area contributed by atoms with Gasteiger partial charge in [-0.25, -0.2) is 4.98 Å². The number of rotatable bonds is 3. The van der Waals surface area contributed by atoms with Crippen LogP contribution in [-0.4, -0.2) is 17.1 Å². The lowest BCUT2D eigenvalue weighted by molar-refractivity contribution is 0.0923. The molecule has 4 heteroatoms.